The summed E-state index contributed by atoms with van der Waals surface area (Å²) in [5.74, 6) is 0.719. The number of hydrogen-bond donors (Lipinski definition) is 1. The Bertz CT molecular complexity index is 676. The molecule has 2 nitrogen and oxygen atoms in total. The van der Waals surface area contributed by atoms with Gasteiger partial charge in [0.25, 0.3) is 0 Å². The van der Waals surface area contributed by atoms with Gasteiger partial charge >= 0.3 is 0 Å². The third kappa shape index (κ3) is 2.23. The molecule has 3 heteroatoms. The SMILES string of the molecule is CC1CCCC(N)(c2nc3c(s2)CCc2ccccc2-3)C1. The number of nitrogens with two attached hydrogens (primary N) is 1. The number of hydrogen-bond acceptors (Lipinski definition) is 3. The minimum Gasteiger partial charge on any atom is -0.319 e. The molecule has 2 N–H and O–H groups in total. The zero-order chi connectivity index (χ0) is 14.4. The number of aromatic nitrogens is 1. The van der Waals surface area contributed by atoms with E-state index in [9.17, 15) is 0 Å². The van der Waals surface area contributed by atoms with Crippen LogP contribution in [-0.2, 0) is 18.4 Å². The molecular formula is C18H22N2S. The van der Waals surface area contributed by atoms with E-state index in [2.05, 4.69) is 31.2 Å². The normalized spacial score (nSPS) is 28.0. The Kier molecular flexibility index (Phi) is 3.16. The van der Waals surface area contributed by atoms with Crippen molar-refractivity contribution < 1.29 is 0 Å². The maximum atomic E-state index is 6.75. The predicted octanol–water partition coefficient (Wildman–Crippen LogP) is 4.27. The van der Waals surface area contributed by atoms with Gasteiger partial charge < -0.3 is 5.73 Å². The van der Waals surface area contributed by atoms with Crippen molar-refractivity contribution in [2.75, 3.05) is 0 Å². The van der Waals surface area contributed by atoms with E-state index in [1.54, 1.807) is 0 Å². The minimum atomic E-state index is -0.186. The van der Waals surface area contributed by atoms with Gasteiger partial charge in [-0.1, -0.05) is 44.0 Å². The summed E-state index contributed by atoms with van der Waals surface area (Å²) < 4.78 is 0. The Labute approximate surface area is 130 Å². The first kappa shape index (κ1) is 13.5. The first-order valence-corrected chi connectivity index (χ1v) is 8.85. The third-order valence-electron chi connectivity index (χ3n) is 5.05. The molecule has 0 aliphatic heterocycles. The maximum Gasteiger partial charge on any atom is 0.113 e. The van der Waals surface area contributed by atoms with E-state index in [1.165, 1.54) is 39.5 Å². The van der Waals surface area contributed by atoms with E-state index in [4.69, 9.17) is 10.7 Å². The highest BCUT2D eigenvalue weighted by atomic mass is 32.1. The van der Waals surface area contributed by atoms with Crippen molar-refractivity contribution in [2.45, 2.75) is 51.0 Å². The average molecular weight is 298 g/mol. The highest BCUT2D eigenvalue weighted by Crippen LogP contribution is 2.43. The van der Waals surface area contributed by atoms with Gasteiger partial charge in [-0.25, -0.2) is 4.98 Å². The maximum absolute atomic E-state index is 6.75. The molecule has 0 spiro atoms. The summed E-state index contributed by atoms with van der Waals surface area (Å²) in [6.07, 6.45) is 6.98. The van der Waals surface area contributed by atoms with Crippen LogP contribution in [-0.4, -0.2) is 4.98 Å². The number of rotatable bonds is 1. The number of aryl methyl sites for hydroxylation is 2. The molecule has 1 saturated carbocycles. The number of fused-ring (bicyclic) bond motifs is 3. The van der Waals surface area contributed by atoms with Gasteiger partial charge in [-0.3, -0.25) is 0 Å². The summed E-state index contributed by atoms with van der Waals surface area (Å²) in [4.78, 5) is 6.45. The fourth-order valence-electron chi connectivity index (χ4n) is 3.95. The monoisotopic (exact) mass is 298 g/mol. The van der Waals surface area contributed by atoms with Gasteiger partial charge in [0.05, 0.1) is 11.2 Å². The molecule has 1 fully saturated rings. The lowest BCUT2D eigenvalue weighted by atomic mass is 9.77. The Morgan fingerprint density at radius 3 is 3.00 bits per heavy atom. The van der Waals surface area contributed by atoms with E-state index >= 15 is 0 Å². The molecular weight excluding hydrogens is 276 g/mol. The van der Waals surface area contributed by atoms with Crippen molar-refractivity contribution in [1.29, 1.82) is 0 Å². The Balaban J connectivity index is 1.76. The topological polar surface area (TPSA) is 38.9 Å². The van der Waals surface area contributed by atoms with Gasteiger partial charge in [0.15, 0.2) is 0 Å². The van der Waals surface area contributed by atoms with Crippen LogP contribution in [0.5, 0.6) is 0 Å². The summed E-state index contributed by atoms with van der Waals surface area (Å²) >= 11 is 1.87. The van der Waals surface area contributed by atoms with Crippen LogP contribution in [0.4, 0.5) is 0 Å². The summed E-state index contributed by atoms with van der Waals surface area (Å²) in [6.45, 7) is 2.32. The van der Waals surface area contributed by atoms with Crippen LogP contribution in [0.3, 0.4) is 0 Å². The number of thiazole rings is 1. The van der Waals surface area contributed by atoms with Crippen molar-refractivity contribution >= 4 is 11.3 Å². The molecule has 21 heavy (non-hydrogen) atoms. The minimum absolute atomic E-state index is 0.186. The summed E-state index contributed by atoms with van der Waals surface area (Å²) in [7, 11) is 0. The quantitative estimate of drug-likeness (QED) is 0.853. The molecule has 0 bridgehead atoms. The van der Waals surface area contributed by atoms with E-state index in [1.807, 2.05) is 11.3 Å². The van der Waals surface area contributed by atoms with Crippen LogP contribution in [0.1, 0.15) is 48.1 Å². The van der Waals surface area contributed by atoms with Gasteiger partial charge in [-0.05, 0) is 37.2 Å². The second-order valence-electron chi connectivity index (χ2n) is 6.81. The standard InChI is InChI=1S/C18H22N2S/c1-12-5-4-10-18(19,11-12)17-20-16-14-7-3-2-6-13(14)8-9-15(16)21-17/h2-3,6-7,12H,4-5,8-11,19H2,1H3. The summed E-state index contributed by atoms with van der Waals surface area (Å²) in [5, 5.41) is 1.18. The Hall–Kier alpha value is -1.19. The van der Waals surface area contributed by atoms with Gasteiger partial charge in [-0.2, -0.15) is 0 Å². The molecule has 2 atom stereocenters. The van der Waals surface area contributed by atoms with Crippen LogP contribution < -0.4 is 5.73 Å². The largest absolute Gasteiger partial charge is 0.319 e. The molecule has 2 aliphatic rings. The third-order valence-corrected chi connectivity index (χ3v) is 6.38. The summed E-state index contributed by atoms with van der Waals surface area (Å²) in [5.41, 5.74) is 10.5. The first-order valence-electron chi connectivity index (χ1n) is 8.03. The van der Waals surface area contributed by atoms with Crippen LogP contribution in [0.25, 0.3) is 11.3 Å². The van der Waals surface area contributed by atoms with Crippen molar-refractivity contribution in [3.05, 3.63) is 39.7 Å². The van der Waals surface area contributed by atoms with Crippen LogP contribution in [0.15, 0.2) is 24.3 Å². The lowest BCUT2D eigenvalue weighted by Crippen LogP contribution is -2.40. The molecule has 110 valence electrons. The fourth-order valence-corrected chi connectivity index (χ4v) is 5.16. The molecule has 0 saturated heterocycles. The molecule has 1 aromatic carbocycles. The number of nitrogens with zero attached hydrogens (tertiary/aromatic N) is 1. The zero-order valence-electron chi connectivity index (χ0n) is 12.6. The second kappa shape index (κ2) is 4.92. The molecule has 2 unspecified atom stereocenters. The van der Waals surface area contributed by atoms with Gasteiger partial charge in [0, 0.05) is 10.4 Å². The van der Waals surface area contributed by atoms with E-state index in [-0.39, 0.29) is 5.54 Å². The molecule has 4 rings (SSSR count). The zero-order valence-corrected chi connectivity index (χ0v) is 13.4. The van der Waals surface area contributed by atoms with Gasteiger partial charge in [-0.15, -0.1) is 11.3 Å². The highest BCUT2D eigenvalue weighted by molar-refractivity contribution is 7.12. The molecule has 0 amide bonds. The van der Waals surface area contributed by atoms with E-state index in [0.29, 0.717) is 0 Å². The van der Waals surface area contributed by atoms with Crippen molar-refractivity contribution in [1.82, 2.24) is 4.98 Å². The Morgan fingerprint density at radius 1 is 1.29 bits per heavy atom. The first-order chi connectivity index (χ1) is 10.2. The van der Waals surface area contributed by atoms with Crippen LogP contribution in [0.2, 0.25) is 0 Å². The smallest absolute Gasteiger partial charge is 0.113 e. The predicted molar refractivity (Wildman–Crippen MR) is 88.5 cm³/mol. The second-order valence-corrected chi connectivity index (χ2v) is 7.89. The van der Waals surface area contributed by atoms with Crippen molar-refractivity contribution in [3.63, 3.8) is 0 Å². The number of benzene rings is 1. The van der Waals surface area contributed by atoms with E-state index < -0.39 is 0 Å². The molecule has 2 aromatic rings. The van der Waals surface area contributed by atoms with Crippen molar-refractivity contribution in [3.8, 4) is 11.3 Å². The average Bonchev–Trinajstić information content (AvgIpc) is 2.92. The molecule has 1 aromatic heterocycles. The molecule has 1 heterocycles. The van der Waals surface area contributed by atoms with Crippen molar-refractivity contribution in [2.24, 2.45) is 11.7 Å². The Morgan fingerprint density at radius 2 is 2.14 bits per heavy atom. The van der Waals surface area contributed by atoms with Gasteiger partial charge in [0.2, 0.25) is 0 Å². The van der Waals surface area contributed by atoms with Gasteiger partial charge in [0.1, 0.15) is 5.01 Å². The van der Waals surface area contributed by atoms with Crippen LogP contribution in [0, 0.1) is 5.92 Å². The van der Waals surface area contributed by atoms with E-state index in [0.717, 1.165) is 31.6 Å². The molecule has 2 aliphatic carbocycles. The fraction of sp³-hybridized carbons (Fsp3) is 0.500. The van der Waals surface area contributed by atoms with Crippen LogP contribution >= 0.6 is 11.3 Å². The molecule has 0 radical (unpaired) electrons. The lowest BCUT2D eigenvalue weighted by molar-refractivity contribution is 0.238. The highest BCUT2D eigenvalue weighted by Gasteiger charge is 2.36. The lowest BCUT2D eigenvalue weighted by Gasteiger charge is -2.35. The summed E-state index contributed by atoms with van der Waals surface area (Å²) in [6, 6.07) is 8.69.